The highest BCUT2D eigenvalue weighted by Crippen LogP contribution is 2.19. The molecule has 0 aliphatic carbocycles. The van der Waals surface area contributed by atoms with Crippen LogP contribution in [0.4, 0.5) is 4.39 Å². The third-order valence-electron chi connectivity index (χ3n) is 1.63. The minimum Gasteiger partial charge on any atom is -0.334 e. The van der Waals surface area contributed by atoms with Crippen LogP contribution in [0.3, 0.4) is 0 Å². The van der Waals surface area contributed by atoms with Gasteiger partial charge in [-0.15, -0.1) is 0 Å². The SMILES string of the molecule is Cc1noc(-c2ccccc2F)n1. The average Bonchev–Trinajstić information content (AvgIpc) is 2.53. The molecule has 0 atom stereocenters. The normalized spacial score (nSPS) is 10.3. The van der Waals surface area contributed by atoms with Gasteiger partial charge < -0.3 is 4.52 Å². The van der Waals surface area contributed by atoms with Crippen molar-refractivity contribution >= 4 is 0 Å². The topological polar surface area (TPSA) is 38.9 Å². The summed E-state index contributed by atoms with van der Waals surface area (Å²) in [5.74, 6) is 0.361. The first-order chi connectivity index (χ1) is 6.27. The summed E-state index contributed by atoms with van der Waals surface area (Å²) in [5, 5.41) is 3.58. The van der Waals surface area contributed by atoms with Crippen LogP contribution in [0.25, 0.3) is 11.5 Å². The third kappa shape index (κ3) is 1.42. The zero-order valence-electron chi connectivity index (χ0n) is 6.99. The molecule has 66 valence electrons. The number of aromatic nitrogens is 2. The number of benzene rings is 1. The van der Waals surface area contributed by atoms with E-state index in [1.807, 2.05) is 0 Å². The van der Waals surface area contributed by atoms with Gasteiger partial charge in [-0.2, -0.15) is 4.98 Å². The van der Waals surface area contributed by atoms with Crippen molar-refractivity contribution in [3.8, 4) is 11.5 Å². The smallest absolute Gasteiger partial charge is 0.260 e. The highest BCUT2D eigenvalue weighted by Gasteiger charge is 2.09. The molecule has 0 N–H and O–H groups in total. The van der Waals surface area contributed by atoms with Gasteiger partial charge >= 0.3 is 0 Å². The van der Waals surface area contributed by atoms with E-state index in [2.05, 4.69) is 10.1 Å². The minimum absolute atomic E-state index is 0.218. The first-order valence-corrected chi connectivity index (χ1v) is 3.82. The van der Waals surface area contributed by atoms with Crippen LogP contribution < -0.4 is 0 Å². The zero-order valence-corrected chi connectivity index (χ0v) is 6.99. The summed E-state index contributed by atoms with van der Waals surface area (Å²) in [4.78, 5) is 3.92. The number of hydrogen-bond acceptors (Lipinski definition) is 3. The van der Waals surface area contributed by atoms with Crippen molar-refractivity contribution in [1.82, 2.24) is 10.1 Å². The van der Waals surface area contributed by atoms with Crippen LogP contribution in [0.1, 0.15) is 5.82 Å². The molecule has 0 bridgehead atoms. The van der Waals surface area contributed by atoms with Gasteiger partial charge in [0.25, 0.3) is 5.89 Å². The molecule has 1 aromatic heterocycles. The Morgan fingerprint density at radius 1 is 1.31 bits per heavy atom. The fourth-order valence-electron chi connectivity index (χ4n) is 1.04. The molecule has 0 saturated carbocycles. The van der Waals surface area contributed by atoms with Crippen LogP contribution >= 0.6 is 0 Å². The highest BCUT2D eigenvalue weighted by atomic mass is 19.1. The van der Waals surface area contributed by atoms with Crippen LogP contribution in [-0.4, -0.2) is 10.1 Å². The first-order valence-electron chi connectivity index (χ1n) is 3.82. The number of halogens is 1. The van der Waals surface area contributed by atoms with Crippen molar-refractivity contribution < 1.29 is 8.91 Å². The maximum absolute atomic E-state index is 13.2. The number of nitrogens with zero attached hydrogens (tertiary/aromatic N) is 2. The summed E-state index contributed by atoms with van der Waals surface area (Å²) in [5.41, 5.74) is 0.336. The van der Waals surface area contributed by atoms with Crippen LogP contribution in [0.2, 0.25) is 0 Å². The molecule has 0 amide bonds. The van der Waals surface area contributed by atoms with Gasteiger partial charge in [0.1, 0.15) is 5.82 Å². The Bertz CT molecular complexity index is 425. The van der Waals surface area contributed by atoms with Gasteiger partial charge in [0.2, 0.25) is 0 Å². The van der Waals surface area contributed by atoms with E-state index in [-0.39, 0.29) is 11.7 Å². The lowest BCUT2D eigenvalue weighted by atomic mass is 10.2. The predicted molar refractivity (Wildman–Crippen MR) is 44.4 cm³/mol. The summed E-state index contributed by atoms with van der Waals surface area (Å²) in [6.45, 7) is 1.69. The molecule has 0 unspecified atom stereocenters. The monoisotopic (exact) mass is 178 g/mol. The number of hydrogen-bond donors (Lipinski definition) is 0. The second kappa shape index (κ2) is 2.97. The van der Waals surface area contributed by atoms with E-state index in [9.17, 15) is 4.39 Å². The van der Waals surface area contributed by atoms with Gasteiger partial charge in [0, 0.05) is 0 Å². The van der Waals surface area contributed by atoms with Crippen molar-refractivity contribution in [1.29, 1.82) is 0 Å². The molecule has 4 heteroatoms. The molecule has 1 aromatic carbocycles. The van der Waals surface area contributed by atoms with Gasteiger partial charge in [0.05, 0.1) is 5.56 Å². The molecule has 13 heavy (non-hydrogen) atoms. The Labute approximate surface area is 74.2 Å². The van der Waals surface area contributed by atoms with E-state index in [4.69, 9.17) is 4.52 Å². The maximum Gasteiger partial charge on any atom is 0.260 e. The predicted octanol–water partition coefficient (Wildman–Crippen LogP) is 2.18. The fraction of sp³-hybridized carbons (Fsp3) is 0.111. The van der Waals surface area contributed by atoms with Crippen molar-refractivity contribution in [2.75, 3.05) is 0 Å². The summed E-state index contributed by atoms with van der Waals surface area (Å²) >= 11 is 0. The third-order valence-corrected chi connectivity index (χ3v) is 1.63. The largest absolute Gasteiger partial charge is 0.334 e. The van der Waals surface area contributed by atoms with Crippen molar-refractivity contribution in [3.63, 3.8) is 0 Å². The Kier molecular flexibility index (Phi) is 1.81. The molecule has 0 aliphatic rings. The molecule has 0 aliphatic heterocycles. The zero-order chi connectivity index (χ0) is 9.26. The minimum atomic E-state index is -0.355. The molecule has 3 nitrogen and oxygen atoms in total. The first kappa shape index (κ1) is 7.91. The van der Waals surface area contributed by atoms with Crippen molar-refractivity contribution in [3.05, 3.63) is 35.9 Å². The van der Waals surface area contributed by atoms with Crippen LogP contribution in [0.5, 0.6) is 0 Å². The Morgan fingerprint density at radius 2 is 2.08 bits per heavy atom. The van der Waals surface area contributed by atoms with Gasteiger partial charge in [-0.3, -0.25) is 0 Å². The molecule has 2 aromatic rings. The van der Waals surface area contributed by atoms with Gasteiger partial charge in [0.15, 0.2) is 5.82 Å². The molecule has 0 radical (unpaired) electrons. The van der Waals surface area contributed by atoms with Crippen LogP contribution in [0, 0.1) is 12.7 Å². The maximum atomic E-state index is 13.2. The van der Waals surface area contributed by atoms with Gasteiger partial charge in [-0.25, -0.2) is 4.39 Å². The number of rotatable bonds is 1. The summed E-state index contributed by atoms with van der Waals surface area (Å²) < 4.78 is 18.0. The average molecular weight is 178 g/mol. The van der Waals surface area contributed by atoms with Gasteiger partial charge in [-0.1, -0.05) is 17.3 Å². The van der Waals surface area contributed by atoms with Crippen LogP contribution in [-0.2, 0) is 0 Å². The Morgan fingerprint density at radius 3 is 2.69 bits per heavy atom. The Hall–Kier alpha value is -1.71. The van der Waals surface area contributed by atoms with Gasteiger partial charge in [-0.05, 0) is 19.1 Å². The summed E-state index contributed by atoms with van der Waals surface area (Å²) in [6, 6.07) is 6.29. The lowest BCUT2D eigenvalue weighted by Crippen LogP contribution is -1.83. The standard InChI is InChI=1S/C9H7FN2O/c1-6-11-9(13-12-6)7-4-2-3-5-8(7)10/h2-5H,1H3. The van der Waals surface area contributed by atoms with E-state index >= 15 is 0 Å². The molecular formula is C9H7FN2O. The second-order valence-corrected chi connectivity index (χ2v) is 2.63. The molecule has 0 fully saturated rings. The van der Waals surface area contributed by atoms with Crippen molar-refractivity contribution in [2.24, 2.45) is 0 Å². The van der Waals surface area contributed by atoms with Crippen molar-refractivity contribution in [2.45, 2.75) is 6.92 Å². The van der Waals surface area contributed by atoms with E-state index in [0.29, 0.717) is 11.4 Å². The summed E-state index contributed by atoms with van der Waals surface area (Å²) in [7, 11) is 0. The summed E-state index contributed by atoms with van der Waals surface area (Å²) in [6.07, 6.45) is 0. The highest BCUT2D eigenvalue weighted by molar-refractivity contribution is 5.53. The van der Waals surface area contributed by atoms with E-state index < -0.39 is 0 Å². The lowest BCUT2D eigenvalue weighted by Gasteiger charge is -1.93. The van der Waals surface area contributed by atoms with E-state index in [1.165, 1.54) is 6.07 Å². The van der Waals surface area contributed by atoms with E-state index in [0.717, 1.165) is 0 Å². The second-order valence-electron chi connectivity index (χ2n) is 2.63. The lowest BCUT2D eigenvalue weighted by molar-refractivity contribution is 0.423. The molecule has 0 saturated heterocycles. The molecular weight excluding hydrogens is 171 g/mol. The quantitative estimate of drug-likeness (QED) is 0.671. The number of aryl methyl sites for hydroxylation is 1. The van der Waals surface area contributed by atoms with Crippen LogP contribution in [0.15, 0.2) is 28.8 Å². The molecule has 0 spiro atoms. The Balaban J connectivity index is 2.52. The molecule has 1 heterocycles. The molecule has 2 rings (SSSR count). The van der Waals surface area contributed by atoms with E-state index in [1.54, 1.807) is 25.1 Å². The fourth-order valence-corrected chi connectivity index (χ4v) is 1.04.